The molecular weight excluding hydrogens is 407 g/mol. The van der Waals surface area contributed by atoms with Crippen LogP contribution < -0.4 is 0 Å². The Morgan fingerprint density at radius 1 is 1.19 bits per heavy atom. The van der Waals surface area contributed by atoms with E-state index in [-0.39, 0.29) is 17.6 Å². The summed E-state index contributed by atoms with van der Waals surface area (Å²) >= 11 is 0. The Balaban J connectivity index is 1.71. The molecule has 0 spiro atoms. The van der Waals surface area contributed by atoms with Gasteiger partial charge in [0.25, 0.3) is 11.9 Å². The molecular formula is C24H29FN6O. The van der Waals surface area contributed by atoms with Crippen molar-refractivity contribution in [2.45, 2.75) is 39.2 Å². The van der Waals surface area contributed by atoms with E-state index < -0.39 is 0 Å². The standard InChI is InChI=1S/C24H29FN6O/c1-15(2)22-20(23(32)30-11-10-19(14-30)29(4)5)13-27-31(22)24-26-12-16(3)21(28-24)17-6-8-18(25)9-7-17/h6-9,12-13,15,19H,10-11,14H2,1-5H3. The summed E-state index contributed by atoms with van der Waals surface area (Å²) in [5, 5.41) is 4.51. The number of aromatic nitrogens is 4. The molecule has 1 fully saturated rings. The van der Waals surface area contributed by atoms with Crippen LogP contribution in [0.15, 0.2) is 36.7 Å². The molecule has 0 saturated carbocycles. The second-order valence-electron chi connectivity index (χ2n) is 8.88. The largest absolute Gasteiger partial charge is 0.337 e. The molecule has 32 heavy (non-hydrogen) atoms. The van der Waals surface area contributed by atoms with Gasteiger partial charge in [-0.2, -0.15) is 5.10 Å². The van der Waals surface area contributed by atoms with Crippen LogP contribution in [0.4, 0.5) is 4.39 Å². The SMILES string of the molecule is Cc1cnc(-n2ncc(C(=O)N3CCC(N(C)C)C3)c2C(C)C)nc1-c1ccc(F)cc1. The third-order valence-corrected chi connectivity index (χ3v) is 6.03. The Labute approximate surface area is 187 Å². The van der Waals surface area contributed by atoms with Gasteiger partial charge >= 0.3 is 0 Å². The van der Waals surface area contributed by atoms with Gasteiger partial charge in [0.05, 0.1) is 23.1 Å². The summed E-state index contributed by atoms with van der Waals surface area (Å²) in [6.45, 7) is 7.43. The summed E-state index contributed by atoms with van der Waals surface area (Å²) in [6, 6.07) is 6.60. The Morgan fingerprint density at radius 3 is 2.53 bits per heavy atom. The van der Waals surface area contributed by atoms with E-state index >= 15 is 0 Å². The van der Waals surface area contributed by atoms with E-state index in [0.29, 0.717) is 29.8 Å². The van der Waals surface area contributed by atoms with E-state index in [1.807, 2.05) is 39.8 Å². The van der Waals surface area contributed by atoms with E-state index in [9.17, 15) is 9.18 Å². The smallest absolute Gasteiger partial charge is 0.257 e. The average Bonchev–Trinajstić information content (AvgIpc) is 3.42. The molecule has 1 aliphatic rings. The molecule has 168 valence electrons. The van der Waals surface area contributed by atoms with Gasteiger partial charge in [0.15, 0.2) is 0 Å². The number of rotatable bonds is 5. The fourth-order valence-electron chi connectivity index (χ4n) is 4.19. The van der Waals surface area contributed by atoms with Gasteiger partial charge in [0.1, 0.15) is 5.82 Å². The zero-order valence-corrected chi connectivity index (χ0v) is 19.2. The van der Waals surface area contributed by atoms with Gasteiger partial charge < -0.3 is 9.80 Å². The molecule has 1 amide bonds. The van der Waals surface area contributed by atoms with Crippen LogP contribution >= 0.6 is 0 Å². The number of aryl methyl sites for hydroxylation is 1. The quantitative estimate of drug-likeness (QED) is 0.610. The Morgan fingerprint density at radius 2 is 1.91 bits per heavy atom. The Hall–Kier alpha value is -3.13. The average molecular weight is 437 g/mol. The molecule has 1 unspecified atom stereocenters. The van der Waals surface area contributed by atoms with Crippen LogP contribution in [-0.2, 0) is 0 Å². The monoisotopic (exact) mass is 436 g/mol. The van der Waals surface area contributed by atoms with Crippen LogP contribution in [0, 0.1) is 12.7 Å². The topological polar surface area (TPSA) is 67.2 Å². The van der Waals surface area contributed by atoms with E-state index in [1.54, 1.807) is 29.2 Å². The number of likely N-dealkylation sites (N-methyl/N-ethyl adjacent to an activating group) is 1. The van der Waals surface area contributed by atoms with Crippen molar-refractivity contribution in [3.8, 4) is 17.2 Å². The lowest BCUT2D eigenvalue weighted by atomic mass is 10.0. The van der Waals surface area contributed by atoms with E-state index in [2.05, 4.69) is 15.0 Å². The highest BCUT2D eigenvalue weighted by Gasteiger charge is 2.31. The van der Waals surface area contributed by atoms with Crippen molar-refractivity contribution in [2.24, 2.45) is 0 Å². The molecule has 4 rings (SSSR count). The fourth-order valence-corrected chi connectivity index (χ4v) is 4.19. The van der Waals surface area contributed by atoms with Crippen molar-refractivity contribution in [1.82, 2.24) is 29.5 Å². The molecule has 0 N–H and O–H groups in total. The molecule has 1 aliphatic heterocycles. The molecule has 0 bridgehead atoms. The second-order valence-corrected chi connectivity index (χ2v) is 8.88. The minimum absolute atomic E-state index is 0.00447. The van der Waals surface area contributed by atoms with Crippen LogP contribution in [0.3, 0.4) is 0 Å². The lowest BCUT2D eigenvalue weighted by molar-refractivity contribution is 0.0781. The van der Waals surface area contributed by atoms with Gasteiger partial charge in [0.2, 0.25) is 0 Å². The zero-order valence-electron chi connectivity index (χ0n) is 19.2. The number of benzene rings is 1. The number of amides is 1. The van der Waals surface area contributed by atoms with Gasteiger partial charge in [-0.1, -0.05) is 13.8 Å². The molecule has 1 atom stereocenters. The summed E-state index contributed by atoms with van der Waals surface area (Å²) < 4.78 is 15.0. The minimum atomic E-state index is -0.295. The Bertz CT molecular complexity index is 1120. The first-order chi connectivity index (χ1) is 15.3. The first-order valence-electron chi connectivity index (χ1n) is 10.9. The molecule has 7 nitrogen and oxygen atoms in total. The van der Waals surface area contributed by atoms with Crippen molar-refractivity contribution >= 4 is 5.91 Å². The highest BCUT2D eigenvalue weighted by molar-refractivity contribution is 5.95. The van der Waals surface area contributed by atoms with E-state index in [0.717, 1.165) is 29.8 Å². The molecule has 0 aliphatic carbocycles. The summed E-state index contributed by atoms with van der Waals surface area (Å²) in [6.07, 6.45) is 4.32. The van der Waals surface area contributed by atoms with Crippen LogP contribution in [0.25, 0.3) is 17.2 Å². The molecule has 3 aromatic rings. The third kappa shape index (κ3) is 4.14. The van der Waals surface area contributed by atoms with Crippen molar-refractivity contribution in [2.75, 3.05) is 27.2 Å². The van der Waals surface area contributed by atoms with Gasteiger partial charge in [-0.05, 0) is 63.2 Å². The van der Waals surface area contributed by atoms with Crippen molar-refractivity contribution in [1.29, 1.82) is 0 Å². The van der Waals surface area contributed by atoms with Gasteiger partial charge in [0, 0.05) is 30.9 Å². The number of halogens is 1. The third-order valence-electron chi connectivity index (χ3n) is 6.03. The lowest BCUT2D eigenvalue weighted by Crippen LogP contribution is -2.34. The predicted molar refractivity (Wildman–Crippen MR) is 121 cm³/mol. The Kier molecular flexibility index (Phi) is 6.06. The summed E-state index contributed by atoms with van der Waals surface area (Å²) in [5.41, 5.74) is 3.76. The fraction of sp³-hybridized carbons (Fsp3) is 0.417. The number of hydrogen-bond donors (Lipinski definition) is 0. The molecule has 2 aromatic heterocycles. The number of hydrogen-bond acceptors (Lipinski definition) is 5. The maximum atomic E-state index is 13.4. The zero-order chi connectivity index (χ0) is 23.0. The summed E-state index contributed by atoms with van der Waals surface area (Å²) in [5.74, 6) is 0.139. The highest BCUT2D eigenvalue weighted by Crippen LogP contribution is 2.27. The van der Waals surface area contributed by atoms with E-state index in [4.69, 9.17) is 4.98 Å². The molecule has 0 radical (unpaired) electrons. The first-order valence-corrected chi connectivity index (χ1v) is 10.9. The maximum Gasteiger partial charge on any atom is 0.257 e. The lowest BCUT2D eigenvalue weighted by Gasteiger charge is -2.21. The summed E-state index contributed by atoms with van der Waals surface area (Å²) in [4.78, 5) is 26.6. The number of carbonyl (C=O) groups is 1. The number of nitrogens with zero attached hydrogens (tertiary/aromatic N) is 6. The van der Waals surface area contributed by atoms with Crippen LogP contribution in [0.5, 0.6) is 0 Å². The number of carbonyl (C=O) groups excluding carboxylic acids is 1. The molecule has 1 aromatic carbocycles. The molecule has 3 heterocycles. The van der Waals surface area contributed by atoms with Crippen LogP contribution in [0.2, 0.25) is 0 Å². The normalized spacial score (nSPS) is 16.4. The van der Waals surface area contributed by atoms with Gasteiger partial charge in [-0.25, -0.2) is 19.0 Å². The highest BCUT2D eigenvalue weighted by atomic mass is 19.1. The van der Waals surface area contributed by atoms with Crippen LogP contribution in [-0.4, -0.2) is 68.7 Å². The summed E-state index contributed by atoms with van der Waals surface area (Å²) in [7, 11) is 4.09. The van der Waals surface area contributed by atoms with E-state index in [1.165, 1.54) is 12.1 Å². The van der Waals surface area contributed by atoms with Crippen LogP contribution in [0.1, 0.15) is 47.8 Å². The van der Waals surface area contributed by atoms with Gasteiger partial charge in [-0.3, -0.25) is 4.79 Å². The van der Waals surface area contributed by atoms with Crippen molar-refractivity contribution < 1.29 is 9.18 Å². The van der Waals surface area contributed by atoms with Crippen molar-refractivity contribution in [3.63, 3.8) is 0 Å². The van der Waals surface area contributed by atoms with Gasteiger partial charge in [-0.15, -0.1) is 0 Å². The minimum Gasteiger partial charge on any atom is -0.337 e. The predicted octanol–water partition coefficient (Wildman–Crippen LogP) is 3.68. The maximum absolute atomic E-state index is 13.4. The van der Waals surface area contributed by atoms with Crippen molar-refractivity contribution in [3.05, 3.63) is 59.3 Å². The molecule has 8 heteroatoms. The first kappa shape index (κ1) is 22.1. The molecule has 1 saturated heterocycles. The second kappa shape index (κ2) is 8.78. The number of likely N-dealkylation sites (tertiary alicyclic amines) is 1.